The summed E-state index contributed by atoms with van der Waals surface area (Å²) in [6.07, 6.45) is 2.81. The molecule has 1 aromatic carbocycles. The molecule has 1 heteroatoms. The molecule has 0 aliphatic carbocycles. The van der Waals surface area contributed by atoms with E-state index >= 15 is 0 Å². The number of hydrogen-bond acceptors (Lipinski definition) is 1. The predicted molar refractivity (Wildman–Crippen MR) is 49.1 cm³/mol. The predicted octanol–water partition coefficient (Wildman–Crippen LogP) is 2.71. The fourth-order valence-corrected chi connectivity index (χ4v) is 1.43. The van der Waals surface area contributed by atoms with Crippen LogP contribution in [0.2, 0.25) is 0 Å². The Morgan fingerprint density at radius 2 is 2.00 bits per heavy atom. The van der Waals surface area contributed by atoms with E-state index in [9.17, 15) is 0 Å². The van der Waals surface area contributed by atoms with Crippen molar-refractivity contribution in [3.8, 4) is 0 Å². The van der Waals surface area contributed by atoms with E-state index in [0.29, 0.717) is 6.10 Å². The summed E-state index contributed by atoms with van der Waals surface area (Å²) in [7, 11) is 0. The molecule has 64 valence electrons. The maximum absolute atomic E-state index is 5.19. The maximum atomic E-state index is 5.19. The Bertz CT molecular complexity index is 246. The molecule has 0 radical (unpaired) electrons. The van der Waals surface area contributed by atoms with E-state index in [1.165, 1.54) is 24.0 Å². The van der Waals surface area contributed by atoms with Gasteiger partial charge in [-0.2, -0.15) is 0 Å². The third-order valence-corrected chi connectivity index (χ3v) is 2.22. The third-order valence-electron chi connectivity index (χ3n) is 2.22. The van der Waals surface area contributed by atoms with Crippen molar-refractivity contribution in [2.45, 2.75) is 25.9 Å². The highest BCUT2D eigenvalue weighted by atomic mass is 16.6. The van der Waals surface area contributed by atoms with Gasteiger partial charge in [0, 0.05) is 0 Å². The largest absolute Gasteiger partial charge is 0.368 e. The van der Waals surface area contributed by atoms with Crippen molar-refractivity contribution in [1.82, 2.24) is 0 Å². The molecule has 0 saturated carbocycles. The minimum atomic E-state index is 0.403. The molecular formula is C11H14O. The van der Waals surface area contributed by atoms with Gasteiger partial charge in [-0.25, -0.2) is 0 Å². The fourth-order valence-electron chi connectivity index (χ4n) is 1.43. The molecular weight excluding hydrogens is 148 g/mol. The van der Waals surface area contributed by atoms with Crippen LogP contribution in [0.15, 0.2) is 24.3 Å². The van der Waals surface area contributed by atoms with Crippen LogP contribution >= 0.6 is 0 Å². The molecule has 1 aliphatic rings. The van der Waals surface area contributed by atoms with Gasteiger partial charge >= 0.3 is 0 Å². The topological polar surface area (TPSA) is 12.5 Å². The number of hydrogen-bond donors (Lipinski definition) is 0. The van der Waals surface area contributed by atoms with E-state index in [2.05, 4.69) is 31.2 Å². The van der Waals surface area contributed by atoms with Crippen molar-refractivity contribution in [3.05, 3.63) is 35.4 Å². The summed E-state index contributed by atoms with van der Waals surface area (Å²) < 4.78 is 5.19. The first-order chi connectivity index (χ1) is 5.90. The summed E-state index contributed by atoms with van der Waals surface area (Å²) in [5.74, 6) is 0. The second-order valence-corrected chi connectivity index (χ2v) is 3.31. The zero-order valence-corrected chi connectivity index (χ0v) is 7.42. The van der Waals surface area contributed by atoms with Gasteiger partial charge < -0.3 is 4.74 Å². The Labute approximate surface area is 73.4 Å². The lowest BCUT2D eigenvalue weighted by Crippen LogP contribution is -1.84. The van der Waals surface area contributed by atoms with E-state index in [1.54, 1.807) is 0 Å². The molecule has 0 aromatic heterocycles. The first-order valence-corrected chi connectivity index (χ1v) is 4.60. The van der Waals surface area contributed by atoms with Crippen molar-refractivity contribution < 1.29 is 4.74 Å². The first-order valence-electron chi connectivity index (χ1n) is 4.60. The van der Waals surface area contributed by atoms with Crippen LogP contribution in [0.3, 0.4) is 0 Å². The molecule has 2 rings (SSSR count). The number of benzene rings is 1. The second kappa shape index (κ2) is 3.28. The number of rotatable bonds is 3. The van der Waals surface area contributed by atoms with Crippen LogP contribution in [0, 0.1) is 0 Å². The van der Waals surface area contributed by atoms with Gasteiger partial charge in [0.2, 0.25) is 0 Å². The van der Waals surface area contributed by atoms with Crippen LogP contribution in [-0.2, 0) is 11.2 Å². The number of aryl methyl sites for hydroxylation is 1. The van der Waals surface area contributed by atoms with Crippen LogP contribution in [0.1, 0.15) is 30.6 Å². The van der Waals surface area contributed by atoms with Crippen molar-refractivity contribution in [2.75, 3.05) is 6.61 Å². The molecule has 1 heterocycles. The summed E-state index contributed by atoms with van der Waals surface area (Å²) in [5, 5.41) is 0. The molecule has 12 heavy (non-hydrogen) atoms. The highest BCUT2D eigenvalue weighted by Gasteiger charge is 2.23. The minimum absolute atomic E-state index is 0.403. The van der Waals surface area contributed by atoms with Crippen molar-refractivity contribution in [2.24, 2.45) is 0 Å². The summed E-state index contributed by atoms with van der Waals surface area (Å²) in [4.78, 5) is 0. The normalized spacial score (nSPS) is 20.9. The highest BCUT2D eigenvalue weighted by Crippen LogP contribution is 2.29. The SMILES string of the molecule is CCCc1ccc([C@@H]2CO2)cc1. The Morgan fingerprint density at radius 3 is 2.50 bits per heavy atom. The summed E-state index contributed by atoms with van der Waals surface area (Å²) in [5.41, 5.74) is 2.76. The summed E-state index contributed by atoms with van der Waals surface area (Å²) >= 11 is 0. The van der Waals surface area contributed by atoms with Gasteiger partial charge in [-0.05, 0) is 17.5 Å². The Hall–Kier alpha value is -0.820. The van der Waals surface area contributed by atoms with E-state index < -0.39 is 0 Å². The Balaban J connectivity index is 2.08. The molecule has 0 amide bonds. The van der Waals surface area contributed by atoms with Gasteiger partial charge in [0.25, 0.3) is 0 Å². The Kier molecular flexibility index (Phi) is 2.13. The minimum Gasteiger partial charge on any atom is -0.368 e. The first kappa shape index (κ1) is 7.81. The van der Waals surface area contributed by atoms with Gasteiger partial charge in [-0.1, -0.05) is 37.6 Å². The fraction of sp³-hybridized carbons (Fsp3) is 0.455. The molecule has 1 atom stereocenters. The monoisotopic (exact) mass is 162 g/mol. The molecule has 1 nitrogen and oxygen atoms in total. The van der Waals surface area contributed by atoms with Gasteiger partial charge in [0.05, 0.1) is 6.61 Å². The molecule has 1 saturated heterocycles. The van der Waals surface area contributed by atoms with Gasteiger partial charge in [-0.3, -0.25) is 0 Å². The summed E-state index contributed by atoms with van der Waals surface area (Å²) in [6.45, 7) is 3.12. The highest BCUT2D eigenvalue weighted by molar-refractivity contribution is 5.25. The lowest BCUT2D eigenvalue weighted by molar-refractivity contribution is 0.415. The molecule has 1 aromatic rings. The van der Waals surface area contributed by atoms with E-state index in [0.717, 1.165) is 6.61 Å². The zero-order valence-electron chi connectivity index (χ0n) is 7.42. The maximum Gasteiger partial charge on any atom is 0.106 e. The van der Waals surface area contributed by atoms with Crippen LogP contribution in [0.4, 0.5) is 0 Å². The van der Waals surface area contributed by atoms with Gasteiger partial charge in [-0.15, -0.1) is 0 Å². The standard InChI is InChI=1S/C11H14O/c1-2-3-9-4-6-10(7-5-9)11-8-12-11/h4-7,11H,2-3,8H2,1H3/t11-/m0/s1. The van der Waals surface area contributed by atoms with Crippen molar-refractivity contribution in [1.29, 1.82) is 0 Å². The quantitative estimate of drug-likeness (QED) is 0.622. The van der Waals surface area contributed by atoms with E-state index in [4.69, 9.17) is 4.74 Å². The third kappa shape index (κ3) is 1.67. The molecule has 0 unspecified atom stereocenters. The van der Waals surface area contributed by atoms with Crippen LogP contribution in [-0.4, -0.2) is 6.61 Å². The average Bonchev–Trinajstić information content (AvgIpc) is 2.89. The van der Waals surface area contributed by atoms with Crippen LogP contribution in [0.25, 0.3) is 0 Å². The van der Waals surface area contributed by atoms with E-state index in [-0.39, 0.29) is 0 Å². The number of epoxide rings is 1. The second-order valence-electron chi connectivity index (χ2n) is 3.31. The summed E-state index contributed by atoms with van der Waals surface area (Å²) in [6, 6.07) is 8.78. The molecule has 0 N–H and O–H groups in total. The molecule has 0 bridgehead atoms. The molecule has 1 fully saturated rings. The average molecular weight is 162 g/mol. The smallest absolute Gasteiger partial charge is 0.106 e. The van der Waals surface area contributed by atoms with Gasteiger partial charge in [0.1, 0.15) is 6.10 Å². The lowest BCUT2D eigenvalue weighted by atomic mass is 10.1. The van der Waals surface area contributed by atoms with Crippen LogP contribution < -0.4 is 0 Å². The Morgan fingerprint density at radius 1 is 1.33 bits per heavy atom. The molecule has 1 aliphatic heterocycles. The van der Waals surface area contributed by atoms with Gasteiger partial charge in [0.15, 0.2) is 0 Å². The molecule has 0 spiro atoms. The number of ether oxygens (including phenoxy) is 1. The van der Waals surface area contributed by atoms with Crippen molar-refractivity contribution in [3.63, 3.8) is 0 Å². The van der Waals surface area contributed by atoms with Crippen molar-refractivity contribution >= 4 is 0 Å². The van der Waals surface area contributed by atoms with Crippen LogP contribution in [0.5, 0.6) is 0 Å². The lowest BCUT2D eigenvalue weighted by Gasteiger charge is -1.99. The van der Waals surface area contributed by atoms with E-state index in [1.807, 2.05) is 0 Å². The zero-order chi connectivity index (χ0) is 8.39.